The summed E-state index contributed by atoms with van der Waals surface area (Å²) < 4.78 is 96.2. The number of benzene rings is 2. The second-order valence-corrected chi connectivity index (χ2v) is 8.59. The molecule has 1 unspecified atom stereocenters. The van der Waals surface area contributed by atoms with Gasteiger partial charge >= 0.3 is 6.18 Å². The maximum absolute atomic E-state index is 14.1. The van der Waals surface area contributed by atoms with Gasteiger partial charge < -0.3 is 14.7 Å². The molecule has 0 aromatic heterocycles. The lowest BCUT2D eigenvalue weighted by molar-refractivity contribution is -0.249. The summed E-state index contributed by atoms with van der Waals surface area (Å²) in [5.74, 6) is -3.63. The van der Waals surface area contributed by atoms with Gasteiger partial charge in [-0.1, -0.05) is 0 Å². The number of anilines is 1. The Morgan fingerprint density at radius 2 is 1.67 bits per heavy atom. The Bertz CT molecular complexity index is 1090. The SMILES string of the molecule is COc1c(F)cc(C2=NC(O)(C(F)(F)F)CN2c2ccc(S(C)(=O)=O)cc2)cc1F. The summed E-state index contributed by atoms with van der Waals surface area (Å²) in [5, 5.41) is 10.1. The minimum absolute atomic E-state index is 0.0259. The summed E-state index contributed by atoms with van der Waals surface area (Å²) in [5.41, 5.74) is -3.89. The predicted molar refractivity (Wildman–Crippen MR) is 97.3 cm³/mol. The minimum atomic E-state index is -5.18. The van der Waals surface area contributed by atoms with Gasteiger partial charge in [0.15, 0.2) is 27.2 Å². The molecule has 6 nitrogen and oxygen atoms in total. The average molecular weight is 450 g/mol. The van der Waals surface area contributed by atoms with E-state index in [0.717, 1.165) is 42.5 Å². The number of hydrogen-bond acceptors (Lipinski definition) is 6. The first kappa shape index (κ1) is 22.0. The number of amidine groups is 1. The van der Waals surface area contributed by atoms with Gasteiger partial charge in [0.1, 0.15) is 5.84 Å². The molecule has 0 fully saturated rings. The van der Waals surface area contributed by atoms with E-state index in [4.69, 9.17) is 0 Å². The van der Waals surface area contributed by atoms with E-state index in [2.05, 4.69) is 9.73 Å². The van der Waals surface area contributed by atoms with Crippen molar-refractivity contribution < 1.29 is 40.2 Å². The quantitative estimate of drug-likeness (QED) is 0.725. The van der Waals surface area contributed by atoms with Gasteiger partial charge in [0.2, 0.25) is 0 Å². The third-order valence-corrected chi connectivity index (χ3v) is 5.54. The third kappa shape index (κ3) is 3.84. The van der Waals surface area contributed by atoms with Crippen LogP contribution in [0.3, 0.4) is 0 Å². The molecule has 0 amide bonds. The summed E-state index contributed by atoms with van der Waals surface area (Å²) in [4.78, 5) is 4.11. The van der Waals surface area contributed by atoms with Crippen LogP contribution in [-0.2, 0) is 9.84 Å². The molecular formula is C18H15F5N2O4S. The number of methoxy groups -OCH3 is 1. The van der Waals surface area contributed by atoms with Crippen LogP contribution in [0.4, 0.5) is 27.6 Å². The fraction of sp³-hybridized carbons (Fsp3) is 0.278. The van der Waals surface area contributed by atoms with Crippen molar-refractivity contribution in [3.8, 4) is 5.75 Å². The van der Waals surface area contributed by atoms with Gasteiger partial charge in [0, 0.05) is 17.5 Å². The standard InChI is InChI=1S/C18H15F5N2O4S/c1-29-15-13(19)7-10(8-14(15)20)16-24-17(26,18(21,22)23)9-25(16)11-3-5-12(6-4-11)30(2,27)28/h3-8,26H,9H2,1-2H3. The number of rotatable bonds is 4. The number of aliphatic hydroxyl groups is 1. The Kier molecular flexibility index (Phi) is 5.27. The molecule has 2 aromatic carbocycles. The van der Waals surface area contributed by atoms with Crippen molar-refractivity contribution in [1.29, 1.82) is 0 Å². The molecule has 0 saturated heterocycles. The first-order chi connectivity index (χ1) is 13.8. The Morgan fingerprint density at radius 1 is 1.13 bits per heavy atom. The molecule has 1 atom stereocenters. The fourth-order valence-electron chi connectivity index (χ4n) is 2.91. The van der Waals surface area contributed by atoms with Crippen LogP contribution in [0.25, 0.3) is 0 Å². The van der Waals surface area contributed by atoms with Gasteiger partial charge in [-0.05, 0) is 36.4 Å². The van der Waals surface area contributed by atoms with Crippen molar-refractivity contribution in [3.63, 3.8) is 0 Å². The molecule has 30 heavy (non-hydrogen) atoms. The summed E-state index contributed by atoms with van der Waals surface area (Å²) in [6.45, 7) is -1.10. The Hall–Kier alpha value is -2.73. The topological polar surface area (TPSA) is 79.2 Å². The van der Waals surface area contributed by atoms with E-state index in [-0.39, 0.29) is 16.1 Å². The Labute approximate surface area is 168 Å². The zero-order valence-corrected chi connectivity index (χ0v) is 16.4. The lowest BCUT2D eigenvalue weighted by atomic mass is 10.1. The van der Waals surface area contributed by atoms with E-state index in [9.17, 15) is 35.5 Å². The molecular weight excluding hydrogens is 435 g/mol. The van der Waals surface area contributed by atoms with Crippen molar-refractivity contribution in [2.75, 3.05) is 24.8 Å². The monoisotopic (exact) mass is 450 g/mol. The normalized spacial score (nSPS) is 19.7. The number of alkyl halides is 3. The number of sulfone groups is 1. The molecule has 0 aliphatic carbocycles. The number of halogens is 5. The molecule has 162 valence electrons. The molecule has 3 rings (SSSR count). The predicted octanol–water partition coefficient (Wildman–Crippen LogP) is 2.89. The van der Waals surface area contributed by atoms with Crippen molar-refractivity contribution in [2.45, 2.75) is 16.8 Å². The summed E-state index contributed by atoms with van der Waals surface area (Å²) in [6.07, 6.45) is -4.22. The van der Waals surface area contributed by atoms with E-state index < -0.39 is 51.5 Å². The molecule has 0 spiro atoms. The van der Waals surface area contributed by atoms with E-state index in [1.54, 1.807) is 0 Å². The van der Waals surface area contributed by atoms with Gasteiger partial charge in [-0.2, -0.15) is 13.2 Å². The molecule has 1 aliphatic rings. The summed E-state index contributed by atoms with van der Waals surface area (Å²) >= 11 is 0. The van der Waals surface area contributed by atoms with Crippen molar-refractivity contribution in [2.24, 2.45) is 4.99 Å². The van der Waals surface area contributed by atoms with Gasteiger partial charge in [0.05, 0.1) is 18.6 Å². The van der Waals surface area contributed by atoms with Gasteiger partial charge in [-0.25, -0.2) is 22.2 Å². The highest BCUT2D eigenvalue weighted by Crippen LogP contribution is 2.39. The first-order valence-electron chi connectivity index (χ1n) is 8.27. The molecule has 0 saturated carbocycles. The van der Waals surface area contributed by atoms with Crippen LogP contribution < -0.4 is 9.64 Å². The highest BCUT2D eigenvalue weighted by Gasteiger charge is 2.59. The van der Waals surface area contributed by atoms with Crippen LogP contribution in [0.1, 0.15) is 5.56 Å². The maximum Gasteiger partial charge on any atom is 0.440 e. The number of nitrogens with zero attached hydrogens (tertiary/aromatic N) is 2. The summed E-state index contributed by atoms with van der Waals surface area (Å²) in [6, 6.07) is 6.15. The largest absolute Gasteiger partial charge is 0.491 e. The average Bonchev–Trinajstić information content (AvgIpc) is 3.00. The zero-order chi connectivity index (χ0) is 22.5. The van der Waals surface area contributed by atoms with Crippen LogP contribution in [0.15, 0.2) is 46.3 Å². The zero-order valence-electron chi connectivity index (χ0n) is 15.5. The number of ether oxygens (including phenoxy) is 1. The van der Waals surface area contributed by atoms with Gasteiger partial charge in [-0.3, -0.25) is 0 Å². The van der Waals surface area contributed by atoms with Crippen molar-refractivity contribution in [3.05, 3.63) is 53.6 Å². The van der Waals surface area contributed by atoms with Crippen LogP contribution in [0, 0.1) is 11.6 Å². The number of β-amino-alcohol motifs (C(OH)–C–C–N with tert-alkyl or cyclic N) is 1. The fourth-order valence-corrected chi connectivity index (χ4v) is 3.54. The molecule has 1 N–H and O–H groups in total. The number of aliphatic imine (C=N–C) groups is 1. The van der Waals surface area contributed by atoms with Crippen LogP contribution in [-0.4, -0.2) is 51.2 Å². The molecule has 12 heteroatoms. The lowest BCUT2D eigenvalue weighted by Crippen LogP contribution is -2.47. The second-order valence-electron chi connectivity index (χ2n) is 6.58. The van der Waals surface area contributed by atoms with Crippen molar-refractivity contribution >= 4 is 21.4 Å². The molecule has 2 aromatic rings. The minimum Gasteiger partial charge on any atom is -0.491 e. The van der Waals surface area contributed by atoms with E-state index in [0.29, 0.717) is 0 Å². The molecule has 1 heterocycles. The Balaban J connectivity index is 2.14. The van der Waals surface area contributed by atoms with E-state index >= 15 is 0 Å². The molecule has 0 bridgehead atoms. The molecule has 1 aliphatic heterocycles. The number of hydrogen-bond donors (Lipinski definition) is 1. The first-order valence-corrected chi connectivity index (χ1v) is 10.2. The van der Waals surface area contributed by atoms with Crippen LogP contribution in [0.5, 0.6) is 5.75 Å². The second kappa shape index (κ2) is 7.20. The lowest BCUT2D eigenvalue weighted by Gasteiger charge is -2.25. The third-order valence-electron chi connectivity index (χ3n) is 4.42. The summed E-state index contributed by atoms with van der Waals surface area (Å²) in [7, 11) is -2.54. The molecule has 0 radical (unpaired) electrons. The van der Waals surface area contributed by atoms with Gasteiger partial charge in [0.25, 0.3) is 5.72 Å². The smallest absolute Gasteiger partial charge is 0.440 e. The van der Waals surface area contributed by atoms with E-state index in [1.165, 1.54) is 12.1 Å². The van der Waals surface area contributed by atoms with Gasteiger partial charge in [-0.15, -0.1) is 0 Å². The van der Waals surface area contributed by atoms with Crippen LogP contribution in [0.2, 0.25) is 0 Å². The van der Waals surface area contributed by atoms with Crippen LogP contribution >= 0.6 is 0 Å². The highest BCUT2D eigenvalue weighted by molar-refractivity contribution is 7.90. The Morgan fingerprint density at radius 3 is 2.10 bits per heavy atom. The van der Waals surface area contributed by atoms with Crippen molar-refractivity contribution in [1.82, 2.24) is 0 Å². The maximum atomic E-state index is 14.1. The van der Waals surface area contributed by atoms with E-state index in [1.807, 2.05) is 0 Å². The highest BCUT2D eigenvalue weighted by atomic mass is 32.2.